The summed E-state index contributed by atoms with van der Waals surface area (Å²) in [6, 6.07) is 0. The van der Waals surface area contributed by atoms with Crippen molar-refractivity contribution in [3.8, 4) is 0 Å². The summed E-state index contributed by atoms with van der Waals surface area (Å²) in [6.45, 7) is 10.7. The van der Waals surface area contributed by atoms with Crippen molar-refractivity contribution in [3.05, 3.63) is 12.7 Å². The average Bonchev–Trinajstić information content (AvgIpc) is 2.60. The fraction of sp³-hybridized carbons (Fsp3) is 0.864. The number of ether oxygens (including phenoxy) is 1. The van der Waals surface area contributed by atoms with Gasteiger partial charge in [-0.15, -0.1) is 6.58 Å². The van der Waals surface area contributed by atoms with Crippen LogP contribution in [0.2, 0.25) is 0 Å². The molecule has 0 aromatic rings. The Hall–Kier alpha value is -0.830. The first-order valence-electron chi connectivity index (χ1n) is 10.6. The molecule has 0 saturated carbocycles. The van der Waals surface area contributed by atoms with Gasteiger partial charge >= 0.3 is 5.97 Å². The van der Waals surface area contributed by atoms with Crippen molar-refractivity contribution >= 4 is 5.97 Å². The highest BCUT2D eigenvalue weighted by molar-refractivity contribution is 5.69. The van der Waals surface area contributed by atoms with Crippen LogP contribution in [0.4, 0.5) is 0 Å². The Bertz CT molecular complexity index is 276. The number of aliphatic hydroxyl groups is 1. The zero-order chi connectivity index (χ0) is 19.2. The Labute approximate surface area is 157 Å². The van der Waals surface area contributed by atoms with Gasteiger partial charge in [0.2, 0.25) is 0 Å². The minimum absolute atomic E-state index is 0.0186. The maximum Gasteiger partial charge on any atom is 0.305 e. The van der Waals surface area contributed by atoms with E-state index in [2.05, 4.69) is 27.4 Å². The van der Waals surface area contributed by atoms with E-state index in [0.717, 1.165) is 44.9 Å². The van der Waals surface area contributed by atoms with Crippen LogP contribution >= 0.6 is 0 Å². The molecule has 0 saturated heterocycles. The molecule has 0 radical (unpaired) electrons. The number of carbonyl (C=O) groups is 1. The first-order valence-corrected chi connectivity index (χ1v) is 10.6. The Morgan fingerprint density at radius 1 is 0.920 bits per heavy atom. The van der Waals surface area contributed by atoms with Crippen molar-refractivity contribution in [1.29, 1.82) is 0 Å². The third-order valence-corrected chi connectivity index (χ3v) is 4.08. The van der Waals surface area contributed by atoms with E-state index in [1.165, 1.54) is 38.5 Å². The lowest BCUT2D eigenvalue weighted by molar-refractivity contribution is -0.143. The largest absolute Gasteiger partial charge is 0.466 e. The van der Waals surface area contributed by atoms with Crippen molar-refractivity contribution in [3.63, 3.8) is 0 Å². The van der Waals surface area contributed by atoms with Gasteiger partial charge in [-0.2, -0.15) is 0 Å². The first-order chi connectivity index (χ1) is 12.1. The molecule has 0 aliphatic heterocycles. The van der Waals surface area contributed by atoms with Gasteiger partial charge in [0, 0.05) is 6.42 Å². The molecule has 25 heavy (non-hydrogen) atoms. The third-order valence-electron chi connectivity index (χ3n) is 4.08. The van der Waals surface area contributed by atoms with Crippen molar-refractivity contribution < 1.29 is 14.6 Å². The van der Waals surface area contributed by atoms with Crippen molar-refractivity contribution in [2.75, 3.05) is 6.61 Å². The lowest BCUT2D eigenvalue weighted by atomic mass is 10.1. The second-order valence-corrected chi connectivity index (χ2v) is 6.77. The number of unbranched alkanes of at least 4 members (excludes halogenated alkanes) is 8. The molecule has 0 unspecified atom stereocenters. The Morgan fingerprint density at radius 2 is 1.48 bits per heavy atom. The molecule has 0 heterocycles. The van der Waals surface area contributed by atoms with Crippen LogP contribution in [0.15, 0.2) is 12.7 Å². The molecular formula is C22H44O3. The minimum atomic E-state index is -0.149. The number of aliphatic hydroxyl groups excluding tert-OH is 1. The van der Waals surface area contributed by atoms with Crippen LogP contribution in [0.5, 0.6) is 0 Å². The summed E-state index contributed by atoms with van der Waals surface area (Å²) >= 11 is 0. The summed E-state index contributed by atoms with van der Waals surface area (Å²) in [4.78, 5) is 11.1. The molecular weight excluding hydrogens is 312 g/mol. The van der Waals surface area contributed by atoms with E-state index in [1.54, 1.807) is 6.08 Å². The predicted octanol–water partition coefficient (Wildman–Crippen LogP) is 6.58. The van der Waals surface area contributed by atoms with Crippen molar-refractivity contribution in [2.24, 2.45) is 0 Å². The standard InChI is InChI=1S/C12H24O2.C10H20O/c1-3-5-7-8-9-10-12(13)14-11-6-4-2;1-3-5-6-7-9-10(11)8-4-2/h3-11H2,1-2H3;4,10-11H,2-3,5-9H2,1H3/t;10-/m.0/s1. The maximum atomic E-state index is 11.1. The molecule has 0 fully saturated rings. The average molecular weight is 357 g/mol. The van der Waals surface area contributed by atoms with E-state index in [0.29, 0.717) is 13.0 Å². The highest BCUT2D eigenvalue weighted by Crippen LogP contribution is 2.08. The highest BCUT2D eigenvalue weighted by Gasteiger charge is 2.01. The molecule has 0 aromatic heterocycles. The van der Waals surface area contributed by atoms with E-state index in [9.17, 15) is 9.90 Å². The molecule has 1 atom stereocenters. The van der Waals surface area contributed by atoms with Gasteiger partial charge in [0.25, 0.3) is 0 Å². The van der Waals surface area contributed by atoms with Gasteiger partial charge in [0.1, 0.15) is 0 Å². The second-order valence-electron chi connectivity index (χ2n) is 6.77. The number of hydrogen-bond acceptors (Lipinski definition) is 3. The first kappa shape index (κ1) is 26.4. The topological polar surface area (TPSA) is 46.5 Å². The van der Waals surface area contributed by atoms with Crippen LogP contribution in [0.1, 0.15) is 111 Å². The quantitative estimate of drug-likeness (QED) is 0.193. The Kier molecular flexibility index (Phi) is 24.5. The molecule has 0 bridgehead atoms. The predicted molar refractivity (Wildman–Crippen MR) is 109 cm³/mol. The number of hydrogen-bond donors (Lipinski definition) is 1. The van der Waals surface area contributed by atoms with Gasteiger partial charge < -0.3 is 9.84 Å². The molecule has 0 amide bonds. The molecule has 1 N–H and O–H groups in total. The van der Waals surface area contributed by atoms with Crippen LogP contribution in [0.25, 0.3) is 0 Å². The van der Waals surface area contributed by atoms with E-state index in [1.807, 2.05) is 0 Å². The van der Waals surface area contributed by atoms with Crippen LogP contribution in [0.3, 0.4) is 0 Å². The summed E-state index contributed by atoms with van der Waals surface area (Å²) in [7, 11) is 0. The summed E-state index contributed by atoms with van der Waals surface area (Å²) in [5.74, 6) is -0.0186. The van der Waals surface area contributed by atoms with E-state index in [4.69, 9.17) is 4.74 Å². The van der Waals surface area contributed by atoms with Crippen molar-refractivity contribution in [2.45, 2.75) is 117 Å². The summed E-state index contributed by atoms with van der Waals surface area (Å²) in [6.07, 6.45) is 16.9. The van der Waals surface area contributed by atoms with Crippen molar-refractivity contribution in [1.82, 2.24) is 0 Å². The zero-order valence-electron chi connectivity index (χ0n) is 17.2. The molecule has 0 aliphatic rings. The second kappa shape index (κ2) is 23.2. The number of carbonyl (C=O) groups excluding carboxylic acids is 1. The summed E-state index contributed by atoms with van der Waals surface area (Å²) < 4.78 is 5.05. The molecule has 0 spiro atoms. The zero-order valence-corrected chi connectivity index (χ0v) is 17.2. The molecule has 150 valence electrons. The normalized spacial score (nSPS) is 11.4. The lowest BCUT2D eigenvalue weighted by Gasteiger charge is -2.06. The van der Waals surface area contributed by atoms with E-state index >= 15 is 0 Å². The fourth-order valence-electron chi connectivity index (χ4n) is 2.39. The fourth-order valence-corrected chi connectivity index (χ4v) is 2.39. The van der Waals surface area contributed by atoms with Gasteiger partial charge in [0.15, 0.2) is 0 Å². The molecule has 0 aromatic carbocycles. The highest BCUT2D eigenvalue weighted by atomic mass is 16.5. The summed E-state index contributed by atoms with van der Waals surface area (Å²) in [5, 5.41) is 9.28. The third kappa shape index (κ3) is 25.5. The monoisotopic (exact) mass is 356 g/mol. The molecule has 0 aliphatic carbocycles. The van der Waals surface area contributed by atoms with Gasteiger partial charge in [-0.3, -0.25) is 4.79 Å². The SMILES string of the molecule is C=CC[C@H](O)CCCCCC.CCCCCCCC(=O)OCCCC. The van der Waals surface area contributed by atoms with E-state index in [-0.39, 0.29) is 12.1 Å². The Morgan fingerprint density at radius 3 is 2.04 bits per heavy atom. The molecule has 3 heteroatoms. The van der Waals surface area contributed by atoms with Gasteiger partial charge in [-0.05, 0) is 25.7 Å². The van der Waals surface area contributed by atoms with Crippen LogP contribution < -0.4 is 0 Å². The summed E-state index contributed by atoms with van der Waals surface area (Å²) in [5.41, 5.74) is 0. The van der Waals surface area contributed by atoms with Crippen LogP contribution in [-0.2, 0) is 9.53 Å². The molecule has 3 nitrogen and oxygen atoms in total. The smallest absolute Gasteiger partial charge is 0.305 e. The maximum absolute atomic E-state index is 11.1. The Balaban J connectivity index is 0. The van der Waals surface area contributed by atoms with Gasteiger partial charge in [0.05, 0.1) is 12.7 Å². The number of rotatable bonds is 16. The molecule has 0 rings (SSSR count). The van der Waals surface area contributed by atoms with Gasteiger partial charge in [-0.1, -0.05) is 84.6 Å². The minimum Gasteiger partial charge on any atom is -0.466 e. The van der Waals surface area contributed by atoms with E-state index < -0.39 is 0 Å². The lowest BCUT2D eigenvalue weighted by Crippen LogP contribution is -2.05. The number of esters is 1. The van der Waals surface area contributed by atoms with Crippen LogP contribution in [-0.4, -0.2) is 23.8 Å². The van der Waals surface area contributed by atoms with Crippen LogP contribution in [0, 0.1) is 0 Å². The van der Waals surface area contributed by atoms with Gasteiger partial charge in [-0.25, -0.2) is 0 Å².